The van der Waals surface area contributed by atoms with Crippen molar-refractivity contribution in [3.63, 3.8) is 0 Å². The maximum atomic E-state index is 14.4. The number of halogens is 1. The maximum Gasteiger partial charge on any atom is 0.264 e. The van der Waals surface area contributed by atoms with Gasteiger partial charge in [-0.25, -0.2) is 8.42 Å². The number of carbonyl (C=O) groups is 2. The molecule has 0 heterocycles. The quantitative estimate of drug-likeness (QED) is 0.211. The first-order valence-electron chi connectivity index (χ1n) is 14.1. The number of sulfonamides is 1. The predicted octanol–water partition coefficient (Wildman–Crippen LogP) is 6.01. The normalized spacial score (nSPS) is 12.0. The molecule has 224 valence electrons. The molecule has 0 unspecified atom stereocenters. The fourth-order valence-electron chi connectivity index (χ4n) is 4.80. The van der Waals surface area contributed by atoms with Gasteiger partial charge in [0.05, 0.1) is 10.6 Å². The van der Waals surface area contributed by atoms with Crippen molar-refractivity contribution in [3.05, 3.63) is 131 Å². The number of aryl methyl sites for hydroxylation is 1. The van der Waals surface area contributed by atoms with Crippen LogP contribution in [-0.2, 0) is 32.6 Å². The van der Waals surface area contributed by atoms with Crippen molar-refractivity contribution >= 4 is 39.1 Å². The summed E-state index contributed by atoms with van der Waals surface area (Å²) in [6.45, 7) is 5.05. The van der Waals surface area contributed by atoms with Gasteiger partial charge < -0.3 is 10.2 Å². The van der Waals surface area contributed by atoms with Gasteiger partial charge in [0.2, 0.25) is 11.8 Å². The average molecular weight is 618 g/mol. The van der Waals surface area contributed by atoms with Crippen LogP contribution in [0.3, 0.4) is 0 Å². The Bertz CT molecular complexity index is 1630. The highest BCUT2D eigenvalue weighted by molar-refractivity contribution is 7.92. The summed E-state index contributed by atoms with van der Waals surface area (Å²) >= 11 is 6.32. The van der Waals surface area contributed by atoms with E-state index in [0.29, 0.717) is 10.6 Å². The van der Waals surface area contributed by atoms with Crippen LogP contribution < -0.4 is 9.62 Å². The molecule has 0 radical (unpaired) electrons. The Kier molecular flexibility index (Phi) is 10.6. The van der Waals surface area contributed by atoms with Crippen LogP contribution in [0.2, 0.25) is 5.02 Å². The lowest BCUT2D eigenvalue weighted by Crippen LogP contribution is -2.54. The summed E-state index contributed by atoms with van der Waals surface area (Å²) in [7, 11) is -4.19. The fraction of sp³-hybridized carbons (Fsp3) is 0.235. The molecule has 2 amide bonds. The van der Waals surface area contributed by atoms with E-state index in [4.69, 9.17) is 11.6 Å². The van der Waals surface area contributed by atoms with E-state index >= 15 is 0 Å². The lowest BCUT2D eigenvalue weighted by atomic mass is 10.0. The van der Waals surface area contributed by atoms with E-state index in [9.17, 15) is 18.0 Å². The molecule has 0 aromatic heterocycles. The number of benzene rings is 4. The minimum absolute atomic E-state index is 0.0372. The Morgan fingerprint density at radius 3 is 1.95 bits per heavy atom. The van der Waals surface area contributed by atoms with Crippen molar-refractivity contribution in [2.24, 2.45) is 0 Å². The average Bonchev–Trinajstić information content (AvgIpc) is 3.00. The van der Waals surface area contributed by atoms with Crippen molar-refractivity contribution < 1.29 is 18.0 Å². The summed E-state index contributed by atoms with van der Waals surface area (Å²) in [6, 6.07) is 30.6. The van der Waals surface area contributed by atoms with Crippen LogP contribution in [0.15, 0.2) is 114 Å². The number of hydrogen-bond acceptors (Lipinski definition) is 4. The van der Waals surface area contributed by atoms with Crippen molar-refractivity contribution in [2.75, 3.05) is 10.8 Å². The van der Waals surface area contributed by atoms with Gasteiger partial charge in [0.15, 0.2) is 0 Å². The molecule has 7 nitrogen and oxygen atoms in total. The highest BCUT2D eigenvalue weighted by Crippen LogP contribution is 2.30. The number of nitrogens with one attached hydrogen (secondary N) is 1. The SMILES string of the molecule is Cc1ccc(Cl)cc1N(CC(=O)N(Cc1ccccc1)[C@@H](Cc1ccccc1)C(=O)NC(C)C)S(=O)(=O)c1ccccc1. The predicted molar refractivity (Wildman–Crippen MR) is 171 cm³/mol. The summed E-state index contributed by atoms with van der Waals surface area (Å²) in [4.78, 5) is 29.7. The maximum absolute atomic E-state index is 14.4. The summed E-state index contributed by atoms with van der Waals surface area (Å²) in [5.41, 5.74) is 2.60. The molecule has 0 saturated carbocycles. The number of rotatable bonds is 12. The number of anilines is 1. The van der Waals surface area contributed by atoms with E-state index in [1.165, 1.54) is 17.0 Å². The molecule has 4 rings (SSSR count). The molecule has 9 heteroatoms. The Balaban J connectivity index is 1.81. The third-order valence-electron chi connectivity index (χ3n) is 6.95. The zero-order valence-electron chi connectivity index (χ0n) is 24.5. The van der Waals surface area contributed by atoms with Gasteiger partial charge in [0.25, 0.3) is 10.0 Å². The zero-order chi connectivity index (χ0) is 31.0. The van der Waals surface area contributed by atoms with E-state index < -0.39 is 28.5 Å². The number of amides is 2. The Hall–Kier alpha value is -4.14. The second-order valence-corrected chi connectivity index (χ2v) is 12.9. The minimum atomic E-state index is -4.19. The van der Waals surface area contributed by atoms with E-state index in [1.807, 2.05) is 74.5 Å². The topological polar surface area (TPSA) is 86.8 Å². The lowest BCUT2D eigenvalue weighted by Gasteiger charge is -2.34. The molecule has 0 aliphatic heterocycles. The standard InChI is InChI=1S/C34H36ClN3O4S/c1-25(2)36-34(40)32(21-27-13-7-4-8-14-27)37(23-28-15-9-5-10-16-28)33(39)24-38(31-22-29(35)20-19-26(31)3)43(41,42)30-17-11-6-12-18-30/h4-20,22,25,32H,21,23-24H2,1-3H3,(H,36,40)/t32-/m0/s1. The minimum Gasteiger partial charge on any atom is -0.352 e. The first-order valence-corrected chi connectivity index (χ1v) is 15.9. The van der Waals surface area contributed by atoms with Crippen LogP contribution in [-0.4, -0.2) is 43.8 Å². The van der Waals surface area contributed by atoms with E-state index in [-0.39, 0.29) is 35.5 Å². The molecular formula is C34H36ClN3O4S. The molecule has 0 aliphatic carbocycles. The van der Waals surface area contributed by atoms with Crippen molar-refractivity contribution in [2.45, 2.75) is 50.7 Å². The molecule has 43 heavy (non-hydrogen) atoms. The summed E-state index contributed by atoms with van der Waals surface area (Å²) < 4.78 is 29.3. The van der Waals surface area contributed by atoms with Crippen LogP contribution in [0.5, 0.6) is 0 Å². The molecule has 0 saturated heterocycles. The molecule has 4 aromatic carbocycles. The summed E-state index contributed by atoms with van der Waals surface area (Å²) in [5.74, 6) is -0.845. The number of hydrogen-bond donors (Lipinski definition) is 1. The van der Waals surface area contributed by atoms with Gasteiger partial charge in [-0.2, -0.15) is 0 Å². The second kappa shape index (κ2) is 14.4. The third-order valence-corrected chi connectivity index (χ3v) is 8.96. The Morgan fingerprint density at radius 2 is 1.37 bits per heavy atom. The summed E-state index contributed by atoms with van der Waals surface area (Å²) in [6.07, 6.45) is 0.250. The van der Waals surface area contributed by atoms with Gasteiger partial charge in [-0.15, -0.1) is 0 Å². The van der Waals surface area contributed by atoms with Crippen LogP contribution >= 0.6 is 11.6 Å². The van der Waals surface area contributed by atoms with E-state index in [1.54, 1.807) is 43.3 Å². The third kappa shape index (κ3) is 8.24. The largest absolute Gasteiger partial charge is 0.352 e. The Morgan fingerprint density at radius 1 is 0.814 bits per heavy atom. The first kappa shape index (κ1) is 31.8. The summed E-state index contributed by atoms with van der Waals surface area (Å²) in [5, 5.41) is 3.29. The first-order chi connectivity index (χ1) is 20.6. The molecule has 1 N–H and O–H groups in total. The van der Waals surface area contributed by atoms with Crippen molar-refractivity contribution in [1.29, 1.82) is 0 Å². The smallest absolute Gasteiger partial charge is 0.264 e. The molecule has 4 aromatic rings. The van der Waals surface area contributed by atoms with Crippen LogP contribution in [0, 0.1) is 6.92 Å². The van der Waals surface area contributed by atoms with Gasteiger partial charge in [0, 0.05) is 24.0 Å². The van der Waals surface area contributed by atoms with Gasteiger partial charge in [0.1, 0.15) is 12.6 Å². The highest BCUT2D eigenvalue weighted by atomic mass is 35.5. The number of carbonyl (C=O) groups excluding carboxylic acids is 2. The van der Waals surface area contributed by atoms with E-state index in [0.717, 1.165) is 15.4 Å². The van der Waals surface area contributed by atoms with Crippen molar-refractivity contribution in [1.82, 2.24) is 10.2 Å². The number of nitrogens with zero attached hydrogens (tertiary/aromatic N) is 2. The molecular weight excluding hydrogens is 582 g/mol. The van der Waals surface area contributed by atoms with Crippen LogP contribution in [0.4, 0.5) is 5.69 Å². The van der Waals surface area contributed by atoms with Crippen LogP contribution in [0.25, 0.3) is 0 Å². The molecule has 0 fully saturated rings. The highest BCUT2D eigenvalue weighted by Gasteiger charge is 2.35. The second-order valence-electron chi connectivity index (χ2n) is 10.6. The van der Waals surface area contributed by atoms with Crippen molar-refractivity contribution in [3.8, 4) is 0 Å². The van der Waals surface area contributed by atoms with Gasteiger partial charge >= 0.3 is 0 Å². The van der Waals surface area contributed by atoms with Gasteiger partial charge in [-0.1, -0.05) is 96.5 Å². The Labute approximate surface area is 259 Å². The molecule has 0 bridgehead atoms. The monoisotopic (exact) mass is 617 g/mol. The van der Waals surface area contributed by atoms with E-state index in [2.05, 4.69) is 5.32 Å². The molecule has 0 aliphatic rings. The van der Waals surface area contributed by atoms with Gasteiger partial charge in [-0.3, -0.25) is 13.9 Å². The lowest BCUT2D eigenvalue weighted by molar-refractivity contribution is -0.140. The fourth-order valence-corrected chi connectivity index (χ4v) is 6.46. The molecule has 0 spiro atoms. The van der Waals surface area contributed by atoms with Crippen LogP contribution in [0.1, 0.15) is 30.5 Å². The zero-order valence-corrected chi connectivity index (χ0v) is 26.1. The molecule has 1 atom stereocenters. The van der Waals surface area contributed by atoms with Gasteiger partial charge in [-0.05, 0) is 61.7 Å².